The number of halogens is 4. The number of alkyl halides is 3. The molecule has 1 unspecified atom stereocenters. The number of rotatable bonds is 3. The van der Waals surface area contributed by atoms with Crippen LogP contribution < -0.4 is 5.32 Å². The lowest BCUT2D eigenvalue weighted by atomic mass is 9.82. The van der Waals surface area contributed by atoms with E-state index in [1.165, 1.54) is 24.3 Å². The molecule has 0 bridgehead atoms. The molecule has 2 rings (SSSR count). The van der Waals surface area contributed by atoms with Gasteiger partial charge in [-0.2, -0.15) is 13.2 Å². The third-order valence-electron chi connectivity index (χ3n) is 4.68. The van der Waals surface area contributed by atoms with Gasteiger partial charge in [0.15, 0.2) is 0 Å². The summed E-state index contributed by atoms with van der Waals surface area (Å²) in [7, 11) is 0. The molecule has 1 saturated heterocycles. The van der Waals surface area contributed by atoms with Gasteiger partial charge in [-0.15, -0.1) is 0 Å². The van der Waals surface area contributed by atoms with Crippen molar-refractivity contribution in [1.82, 2.24) is 10.2 Å². The van der Waals surface area contributed by atoms with Crippen molar-refractivity contribution in [3.63, 3.8) is 0 Å². The van der Waals surface area contributed by atoms with Crippen LogP contribution in [0.25, 0.3) is 0 Å². The fraction of sp³-hybridized carbons (Fsp3) is 0.556. The van der Waals surface area contributed by atoms with Gasteiger partial charge in [-0.1, -0.05) is 32.9 Å². The van der Waals surface area contributed by atoms with Crippen LogP contribution in [-0.2, 0) is 4.79 Å². The van der Waals surface area contributed by atoms with E-state index in [2.05, 4.69) is 5.32 Å². The highest BCUT2D eigenvalue weighted by molar-refractivity contribution is 5.78. The van der Waals surface area contributed by atoms with Gasteiger partial charge in [0, 0.05) is 13.1 Å². The lowest BCUT2D eigenvalue weighted by Crippen LogP contribution is -2.44. The third kappa shape index (κ3) is 4.90. The van der Waals surface area contributed by atoms with E-state index in [1.807, 2.05) is 20.8 Å². The van der Waals surface area contributed by atoms with E-state index >= 15 is 0 Å². The quantitative estimate of drug-likeness (QED) is 0.771. The van der Waals surface area contributed by atoms with Crippen molar-refractivity contribution in [2.24, 2.45) is 17.3 Å². The first-order valence-corrected chi connectivity index (χ1v) is 8.41. The van der Waals surface area contributed by atoms with Gasteiger partial charge in [0.25, 0.3) is 0 Å². The molecule has 0 spiro atoms. The Kier molecular flexibility index (Phi) is 5.72. The highest BCUT2D eigenvalue weighted by atomic mass is 19.4. The number of hydrogen-bond donors (Lipinski definition) is 2. The zero-order valence-electron chi connectivity index (χ0n) is 15.2. The van der Waals surface area contributed by atoms with E-state index in [9.17, 15) is 27.2 Å². The highest BCUT2D eigenvalue weighted by Gasteiger charge is 2.53. The Morgan fingerprint density at radius 2 is 1.70 bits per heavy atom. The first-order chi connectivity index (χ1) is 12.3. The van der Waals surface area contributed by atoms with Gasteiger partial charge in [0.2, 0.25) is 0 Å². The van der Waals surface area contributed by atoms with Crippen molar-refractivity contribution in [2.75, 3.05) is 13.1 Å². The Bertz CT molecular complexity index is 698. The molecule has 150 valence electrons. The number of benzene rings is 1. The topological polar surface area (TPSA) is 69.6 Å². The number of aliphatic carboxylic acids is 1. The zero-order valence-corrected chi connectivity index (χ0v) is 15.2. The fourth-order valence-electron chi connectivity index (χ4n) is 3.22. The molecule has 2 N–H and O–H groups in total. The normalized spacial score (nSPS) is 21.8. The minimum absolute atomic E-state index is 0.449. The standard InChI is InChI=1S/C18H22F4N2O3/c1-17(2,3)14(10-4-6-11(19)7-5-10)23-16(27)24-8-12(15(25)26)13(9-24)18(20,21)22/h4-7,12-14H,8-9H2,1-3H3,(H,23,27)(H,25,26)/t12-,13-,14?/m1/s1. The van der Waals surface area contributed by atoms with Gasteiger partial charge < -0.3 is 15.3 Å². The molecule has 0 radical (unpaired) electrons. The number of carboxylic acid groups (broad SMARTS) is 1. The Balaban J connectivity index is 2.20. The second-order valence-corrected chi connectivity index (χ2v) is 7.80. The fourth-order valence-corrected chi connectivity index (χ4v) is 3.22. The van der Waals surface area contributed by atoms with Crippen molar-refractivity contribution in [3.8, 4) is 0 Å². The van der Waals surface area contributed by atoms with Crippen molar-refractivity contribution < 1.29 is 32.3 Å². The number of amides is 2. The lowest BCUT2D eigenvalue weighted by molar-refractivity contribution is -0.187. The van der Waals surface area contributed by atoms with Crippen LogP contribution in [0.4, 0.5) is 22.4 Å². The molecule has 0 saturated carbocycles. The predicted molar refractivity (Wildman–Crippen MR) is 89.4 cm³/mol. The molecule has 0 aromatic heterocycles. The van der Waals surface area contributed by atoms with Gasteiger partial charge in [0.05, 0.1) is 17.9 Å². The number of carbonyl (C=O) groups is 2. The molecular formula is C18H22F4N2O3. The SMILES string of the molecule is CC(C)(C)C(NC(=O)N1C[C@@H](C(F)(F)F)[C@H](C(=O)O)C1)c1ccc(F)cc1. The number of nitrogens with zero attached hydrogens (tertiary/aromatic N) is 1. The summed E-state index contributed by atoms with van der Waals surface area (Å²) in [5.74, 6) is -5.84. The Labute approximate surface area is 154 Å². The van der Waals surface area contributed by atoms with Crippen LogP contribution >= 0.6 is 0 Å². The first kappa shape index (κ1) is 21.0. The molecule has 27 heavy (non-hydrogen) atoms. The number of carbonyl (C=O) groups excluding carboxylic acids is 1. The van der Waals surface area contributed by atoms with E-state index in [0.717, 1.165) is 4.90 Å². The average Bonchev–Trinajstić information content (AvgIpc) is 2.98. The number of likely N-dealkylation sites (tertiary alicyclic amines) is 1. The molecule has 1 aliphatic heterocycles. The second kappa shape index (κ2) is 7.36. The monoisotopic (exact) mass is 390 g/mol. The maximum absolute atomic E-state index is 13.2. The minimum Gasteiger partial charge on any atom is -0.481 e. The molecule has 1 heterocycles. The van der Waals surface area contributed by atoms with Gasteiger partial charge in [-0.3, -0.25) is 4.79 Å². The minimum atomic E-state index is -4.71. The summed E-state index contributed by atoms with van der Waals surface area (Å²) in [6, 6.07) is 4.07. The molecular weight excluding hydrogens is 368 g/mol. The van der Waals surface area contributed by atoms with E-state index in [0.29, 0.717) is 5.56 Å². The van der Waals surface area contributed by atoms with E-state index in [1.54, 1.807) is 0 Å². The maximum Gasteiger partial charge on any atom is 0.394 e. The van der Waals surface area contributed by atoms with Crippen LogP contribution in [0.15, 0.2) is 24.3 Å². The lowest BCUT2D eigenvalue weighted by Gasteiger charge is -2.33. The largest absolute Gasteiger partial charge is 0.481 e. The summed E-state index contributed by atoms with van der Waals surface area (Å²) >= 11 is 0. The number of carboxylic acids is 1. The average molecular weight is 390 g/mol. The van der Waals surface area contributed by atoms with Crippen LogP contribution in [-0.4, -0.2) is 41.3 Å². The summed E-state index contributed by atoms with van der Waals surface area (Å²) in [5, 5.41) is 11.7. The van der Waals surface area contributed by atoms with Crippen molar-refractivity contribution >= 4 is 12.0 Å². The van der Waals surface area contributed by atoms with Crippen LogP contribution in [0.5, 0.6) is 0 Å². The van der Waals surface area contributed by atoms with Crippen molar-refractivity contribution in [3.05, 3.63) is 35.6 Å². The molecule has 0 aliphatic carbocycles. The van der Waals surface area contributed by atoms with Gasteiger partial charge >= 0.3 is 18.2 Å². The summed E-state index contributed by atoms with van der Waals surface area (Å²) in [5.41, 5.74) is 0.0849. The summed E-state index contributed by atoms with van der Waals surface area (Å²) in [6.07, 6.45) is -4.71. The molecule has 1 aliphatic rings. The van der Waals surface area contributed by atoms with Crippen LogP contribution in [0.2, 0.25) is 0 Å². The number of nitrogens with one attached hydrogen (secondary N) is 1. The molecule has 2 amide bonds. The van der Waals surface area contributed by atoms with Gasteiger partial charge in [0.1, 0.15) is 5.82 Å². The highest BCUT2D eigenvalue weighted by Crippen LogP contribution is 2.38. The number of hydrogen-bond acceptors (Lipinski definition) is 2. The molecule has 1 aromatic rings. The van der Waals surface area contributed by atoms with E-state index < -0.39 is 60.4 Å². The molecule has 1 fully saturated rings. The van der Waals surface area contributed by atoms with E-state index in [4.69, 9.17) is 5.11 Å². The Morgan fingerprint density at radius 3 is 2.11 bits per heavy atom. The van der Waals surface area contributed by atoms with Crippen LogP contribution in [0, 0.1) is 23.1 Å². The number of urea groups is 1. The molecule has 9 heteroatoms. The second-order valence-electron chi connectivity index (χ2n) is 7.80. The van der Waals surface area contributed by atoms with Crippen LogP contribution in [0.3, 0.4) is 0 Å². The molecule has 5 nitrogen and oxygen atoms in total. The summed E-state index contributed by atoms with van der Waals surface area (Å²) in [4.78, 5) is 24.6. The maximum atomic E-state index is 13.2. The smallest absolute Gasteiger partial charge is 0.394 e. The molecule has 1 aromatic carbocycles. The Morgan fingerprint density at radius 1 is 1.15 bits per heavy atom. The zero-order chi connectivity index (χ0) is 20.6. The van der Waals surface area contributed by atoms with Crippen molar-refractivity contribution in [1.29, 1.82) is 0 Å². The Hall–Kier alpha value is -2.32. The first-order valence-electron chi connectivity index (χ1n) is 8.41. The van der Waals surface area contributed by atoms with Gasteiger partial charge in [-0.25, -0.2) is 9.18 Å². The summed E-state index contributed by atoms with van der Waals surface area (Å²) in [6.45, 7) is 4.23. The predicted octanol–water partition coefficient (Wildman–Crippen LogP) is 3.82. The van der Waals surface area contributed by atoms with Crippen LogP contribution in [0.1, 0.15) is 32.4 Å². The summed E-state index contributed by atoms with van der Waals surface area (Å²) < 4.78 is 52.5. The van der Waals surface area contributed by atoms with Gasteiger partial charge in [-0.05, 0) is 23.1 Å². The third-order valence-corrected chi connectivity index (χ3v) is 4.68. The van der Waals surface area contributed by atoms with E-state index in [-0.39, 0.29) is 0 Å². The molecule has 3 atom stereocenters. The van der Waals surface area contributed by atoms with Crippen molar-refractivity contribution in [2.45, 2.75) is 33.0 Å².